The zero-order valence-corrected chi connectivity index (χ0v) is 11.4. The number of hydrogen-bond donors (Lipinski definition) is 1. The van der Waals surface area contributed by atoms with Crippen molar-refractivity contribution in [2.45, 2.75) is 32.4 Å². The third-order valence-corrected chi connectivity index (χ3v) is 3.83. The number of rotatable bonds is 4. The molecular formula is C15H24N2O. The Bertz CT molecular complexity index is 379. The molecule has 1 aromatic rings. The normalized spacial score (nSPS) is 22.7. The number of piperidine rings is 1. The highest BCUT2D eigenvalue weighted by molar-refractivity contribution is 5.28. The van der Waals surface area contributed by atoms with Crippen LogP contribution in [0.3, 0.4) is 0 Å². The first-order valence-corrected chi connectivity index (χ1v) is 6.80. The van der Waals surface area contributed by atoms with Gasteiger partial charge in [0, 0.05) is 19.1 Å². The Hall–Kier alpha value is -1.06. The standard InChI is InChI=1S/C15H24N2O/c1-12(16)14-6-4-8-17(11-14)10-13-5-3-7-15(9-13)18-2/h3,5,7,9,12,14H,4,6,8,10-11,16H2,1-2H3. The summed E-state index contributed by atoms with van der Waals surface area (Å²) in [5.41, 5.74) is 7.34. The molecule has 3 nitrogen and oxygen atoms in total. The zero-order chi connectivity index (χ0) is 13.0. The first-order valence-electron chi connectivity index (χ1n) is 6.80. The molecule has 18 heavy (non-hydrogen) atoms. The van der Waals surface area contributed by atoms with Gasteiger partial charge in [0.15, 0.2) is 0 Å². The van der Waals surface area contributed by atoms with Crippen molar-refractivity contribution in [3.63, 3.8) is 0 Å². The third kappa shape index (κ3) is 3.47. The minimum atomic E-state index is 0.304. The van der Waals surface area contributed by atoms with Crippen molar-refractivity contribution in [1.82, 2.24) is 4.90 Å². The summed E-state index contributed by atoms with van der Waals surface area (Å²) in [4.78, 5) is 2.51. The maximum absolute atomic E-state index is 6.02. The zero-order valence-electron chi connectivity index (χ0n) is 11.4. The highest BCUT2D eigenvalue weighted by atomic mass is 16.5. The van der Waals surface area contributed by atoms with Gasteiger partial charge in [0.2, 0.25) is 0 Å². The first kappa shape index (κ1) is 13.4. The van der Waals surface area contributed by atoms with E-state index in [0.29, 0.717) is 12.0 Å². The lowest BCUT2D eigenvalue weighted by Crippen LogP contribution is -2.41. The molecule has 1 aliphatic rings. The Morgan fingerprint density at radius 3 is 3.06 bits per heavy atom. The van der Waals surface area contributed by atoms with E-state index in [1.807, 2.05) is 6.07 Å². The van der Waals surface area contributed by atoms with Crippen molar-refractivity contribution >= 4 is 0 Å². The van der Waals surface area contributed by atoms with Crippen LogP contribution >= 0.6 is 0 Å². The summed E-state index contributed by atoms with van der Waals surface area (Å²) in [6, 6.07) is 8.64. The summed E-state index contributed by atoms with van der Waals surface area (Å²) < 4.78 is 5.26. The predicted octanol–water partition coefficient (Wildman–Crippen LogP) is 2.25. The molecule has 1 heterocycles. The molecule has 2 rings (SSSR count). The van der Waals surface area contributed by atoms with Crippen LogP contribution in [0.2, 0.25) is 0 Å². The smallest absolute Gasteiger partial charge is 0.119 e. The van der Waals surface area contributed by atoms with Crippen LogP contribution in [0.15, 0.2) is 24.3 Å². The lowest BCUT2D eigenvalue weighted by molar-refractivity contribution is 0.154. The van der Waals surface area contributed by atoms with E-state index in [9.17, 15) is 0 Å². The van der Waals surface area contributed by atoms with Gasteiger partial charge in [-0.25, -0.2) is 0 Å². The number of ether oxygens (including phenoxy) is 1. The summed E-state index contributed by atoms with van der Waals surface area (Å²) in [5, 5.41) is 0. The quantitative estimate of drug-likeness (QED) is 0.888. The lowest BCUT2D eigenvalue weighted by Gasteiger charge is -2.34. The second kappa shape index (κ2) is 6.21. The number of methoxy groups -OCH3 is 1. The summed E-state index contributed by atoms with van der Waals surface area (Å²) in [7, 11) is 1.71. The maximum atomic E-state index is 6.02. The topological polar surface area (TPSA) is 38.5 Å². The van der Waals surface area contributed by atoms with E-state index in [-0.39, 0.29) is 0 Å². The van der Waals surface area contributed by atoms with Gasteiger partial charge in [-0.2, -0.15) is 0 Å². The molecule has 0 bridgehead atoms. The van der Waals surface area contributed by atoms with Crippen LogP contribution in [0.1, 0.15) is 25.3 Å². The van der Waals surface area contributed by atoms with E-state index in [2.05, 4.69) is 30.0 Å². The number of hydrogen-bond acceptors (Lipinski definition) is 3. The second-order valence-corrected chi connectivity index (χ2v) is 5.35. The van der Waals surface area contributed by atoms with Gasteiger partial charge in [-0.05, 0) is 49.9 Å². The second-order valence-electron chi connectivity index (χ2n) is 5.35. The van der Waals surface area contributed by atoms with Crippen LogP contribution < -0.4 is 10.5 Å². The molecule has 1 aromatic carbocycles. The largest absolute Gasteiger partial charge is 0.497 e. The van der Waals surface area contributed by atoms with E-state index >= 15 is 0 Å². The summed E-state index contributed by atoms with van der Waals surface area (Å²) >= 11 is 0. The molecule has 0 spiro atoms. The maximum Gasteiger partial charge on any atom is 0.119 e. The average Bonchev–Trinajstić information content (AvgIpc) is 2.39. The predicted molar refractivity (Wildman–Crippen MR) is 74.6 cm³/mol. The van der Waals surface area contributed by atoms with Gasteiger partial charge in [0.25, 0.3) is 0 Å². The van der Waals surface area contributed by atoms with Crippen LogP contribution in [-0.2, 0) is 6.54 Å². The van der Waals surface area contributed by atoms with Crippen LogP contribution in [-0.4, -0.2) is 31.1 Å². The van der Waals surface area contributed by atoms with Crippen molar-refractivity contribution in [3.8, 4) is 5.75 Å². The highest BCUT2D eigenvalue weighted by Gasteiger charge is 2.22. The fraction of sp³-hybridized carbons (Fsp3) is 0.600. The minimum absolute atomic E-state index is 0.304. The summed E-state index contributed by atoms with van der Waals surface area (Å²) in [6.07, 6.45) is 2.53. The molecule has 0 aliphatic carbocycles. The monoisotopic (exact) mass is 248 g/mol. The van der Waals surface area contributed by atoms with Crippen LogP contribution in [0, 0.1) is 5.92 Å². The van der Waals surface area contributed by atoms with E-state index in [4.69, 9.17) is 10.5 Å². The minimum Gasteiger partial charge on any atom is -0.497 e. The van der Waals surface area contributed by atoms with Gasteiger partial charge in [0.05, 0.1) is 7.11 Å². The number of nitrogens with zero attached hydrogens (tertiary/aromatic N) is 1. The SMILES string of the molecule is COc1cccc(CN2CCCC(C(C)N)C2)c1. The molecule has 1 aliphatic heterocycles. The molecule has 2 atom stereocenters. The van der Waals surface area contributed by atoms with Crippen molar-refractivity contribution < 1.29 is 4.74 Å². The van der Waals surface area contributed by atoms with Crippen molar-refractivity contribution in [2.75, 3.05) is 20.2 Å². The van der Waals surface area contributed by atoms with Gasteiger partial charge in [-0.3, -0.25) is 4.90 Å². The Labute approximate surface area is 110 Å². The average molecular weight is 248 g/mol. The fourth-order valence-corrected chi connectivity index (χ4v) is 2.69. The molecule has 2 N–H and O–H groups in total. The molecule has 3 heteroatoms. The molecule has 0 radical (unpaired) electrons. The molecule has 100 valence electrons. The Balaban J connectivity index is 1.95. The molecule has 2 unspecified atom stereocenters. The van der Waals surface area contributed by atoms with Gasteiger partial charge >= 0.3 is 0 Å². The number of nitrogens with two attached hydrogens (primary N) is 1. The van der Waals surface area contributed by atoms with Gasteiger partial charge < -0.3 is 10.5 Å². The van der Waals surface area contributed by atoms with E-state index in [1.54, 1.807) is 7.11 Å². The number of likely N-dealkylation sites (tertiary alicyclic amines) is 1. The third-order valence-electron chi connectivity index (χ3n) is 3.83. The van der Waals surface area contributed by atoms with Crippen molar-refractivity contribution in [3.05, 3.63) is 29.8 Å². The molecule has 0 aromatic heterocycles. The molecule has 0 amide bonds. The Kier molecular flexibility index (Phi) is 4.61. The van der Waals surface area contributed by atoms with Gasteiger partial charge in [-0.1, -0.05) is 12.1 Å². The molecule has 0 saturated carbocycles. The number of benzene rings is 1. The fourth-order valence-electron chi connectivity index (χ4n) is 2.69. The van der Waals surface area contributed by atoms with E-state index < -0.39 is 0 Å². The van der Waals surface area contributed by atoms with Crippen LogP contribution in [0.4, 0.5) is 0 Å². The van der Waals surface area contributed by atoms with Crippen LogP contribution in [0.5, 0.6) is 5.75 Å². The van der Waals surface area contributed by atoms with Crippen molar-refractivity contribution in [1.29, 1.82) is 0 Å². The summed E-state index contributed by atoms with van der Waals surface area (Å²) in [5.74, 6) is 1.58. The van der Waals surface area contributed by atoms with Gasteiger partial charge in [0.1, 0.15) is 5.75 Å². The molecular weight excluding hydrogens is 224 g/mol. The van der Waals surface area contributed by atoms with E-state index in [0.717, 1.165) is 18.8 Å². The molecule has 1 saturated heterocycles. The highest BCUT2D eigenvalue weighted by Crippen LogP contribution is 2.21. The molecule has 1 fully saturated rings. The van der Waals surface area contributed by atoms with E-state index in [1.165, 1.54) is 24.9 Å². The summed E-state index contributed by atoms with van der Waals surface area (Å²) in [6.45, 7) is 5.43. The van der Waals surface area contributed by atoms with Gasteiger partial charge in [-0.15, -0.1) is 0 Å². The van der Waals surface area contributed by atoms with Crippen molar-refractivity contribution in [2.24, 2.45) is 11.7 Å². The lowest BCUT2D eigenvalue weighted by atomic mass is 9.92. The first-order chi connectivity index (χ1) is 8.69. The Morgan fingerprint density at radius 1 is 1.50 bits per heavy atom. The van der Waals surface area contributed by atoms with Crippen LogP contribution in [0.25, 0.3) is 0 Å². The Morgan fingerprint density at radius 2 is 2.33 bits per heavy atom.